The van der Waals surface area contributed by atoms with Crippen molar-refractivity contribution in [2.45, 2.75) is 11.8 Å². The Labute approximate surface area is 97.2 Å². The van der Waals surface area contributed by atoms with Gasteiger partial charge in [0.05, 0.1) is 0 Å². The number of hydrogen-bond acceptors (Lipinski definition) is 1. The summed E-state index contributed by atoms with van der Waals surface area (Å²) in [5, 5.41) is 0. The van der Waals surface area contributed by atoms with E-state index in [2.05, 4.69) is 15.9 Å². The lowest BCUT2D eigenvalue weighted by molar-refractivity contribution is 0.0797. The van der Waals surface area contributed by atoms with Crippen molar-refractivity contribution in [3.8, 4) is 0 Å². The van der Waals surface area contributed by atoms with E-state index in [4.69, 9.17) is 0 Å². The van der Waals surface area contributed by atoms with Gasteiger partial charge in [-0.25, -0.2) is 4.39 Å². The molecule has 0 saturated heterocycles. The number of benzene rings is 1. The molecule has 0 aromatic heterocycles. The summed E-state index contributed by atoms with van der Waals surface area (Å²) in [6.07, 6.45) is 0. The van der Waals surface area contributed by atoms with Crippen LogP contribution >= 0.6 is 15.9 Å². The number of hydrogen-bond donors (Lipinski definition) is 0. The van der Waals surface area contributed by atoms with E-state index in [0.29, 0.717) is 12.1 Å². The van der Waals surface area contributed by atoms with E-state index in [1.54, 1.807) is 11.9 Å². The van der Waals surface area contributed by atoms with Gasteiger partial charge in [0.25, 0.3) is 5.91 Å². The third-order valence-electron chi connectivity index (χ3n) is 1.96. The fourth-order valence-corrected chi connectivity index (χ4v) is 1.71. The monoisotopic (exact) mass is 273 g/mol. The van der Waals surface area contributed by atoms with Crippen molar-refractivity contribution >= 4 is 21.8 Å². The molecular weight excluding hydrogens is 261 g/mol. The molecule has 0 aliphatic carbocycles. The Morgan fingerprint density at radius 3 is 2.47 bits per heavy atom. The molecule has 1 aromatic rings. The van der Waals surface area contributed by atoms with Crippen molar-refractivity contribution in [1.29, 1.82) is 0 Å². The summed E-state index contributed by atoms with van der Waals surface area (Å²) in [5.74, 6) is -0.427. The third-order valence-corrected chi connectivity index (χ3v) is 2.25. The Balaban J connectivity index is 2.72. The highest BCUT2D eigenvalue weighted by molar-refractivity contribution is 9.09. The molecule has 0 radical (unpaired) electrons. The number of nitrogens with zero attached hydrogens (tertiary/aromatic N) is 1. The molecule has 0 bridgehead atoms. The zero-order valence-corrected chi connectivity index (χ0v) is 10.3. The molecule has 0 N–H and O–H groups in total. The van der Waals surface area contributed by atoms with E-state index < -0.39 is 0 Å². The summed E-state index contributed by atoms with van der Waals surface area (Å²) in [5.41, 5.74) is 0.507. The van der Waals surface area contributed by atoms with Gasteiger partial charge in [0.2, 0.25) is 0 Å². The SMILES string of the molecule is CC(Br)CN(C)C(=O)c1ccc(F)cc1. The van der Waals surface area contributed by atoms with Crippen molar-refractivity contribution in [2.75, 3.05) is 13.6 Å². The van der Waals surface area contributed by atoms with Crippen LogP contribution in [0.2, 0.25) is 0 Å². The molecule has 82 valence electrons. The van der Waals surface area contributed by atoms with E-state index in [-0.39, 0.29) is 16.6 Å². The number of carbonyl (C=O) groups is 1. The van der Waals surface area contributed by atoms with E-state index in [0.717, 1.165) is 0 Å². The number of halogens is 2. The molecule has 1 unspecified atom stereocenters. The maximum absolute atomic E-state index is 12.6. The predicted molar refractivity (Wildman–Crippen MR) is 61.7 cm³/mol. The minimum absolute atomic E-state index is 0.0960. The zero-order valence-electron chi connectivity index (χ0n) is 8.71. The Morgan fingerprint density at radius 2 is 2.00 bits per heavy atom. The smallest absolute Gasteiger partial charge is 0.253 e. The van der Waals surface area contributed by atoms with Crippen molar-refractivity contribution in [2.24, 2.45) is 0 Å². The summed E-state index contributed by atoms with van der Waals surface area (Å²) in [7, 11) is 1.73. The standard InChI is InChI=1S/C11H13BrFNO/c1-8(12)7-14(2)11(15)9-3-5-10(13)6-4-9/h3-6,8H,7H2,1-2H3. The lowest BCUT2D eigenvalue weighted by Crippen LogP contribution is -2.31. The molecule has 1 amide bonds. The van der Waals surface area contributed by atoms with Crippen LogP contribution in [-0.4, -0.2) is 29.2 Å². The van der Waals surface area contributed by atoms with Gasteiger partial charge in [-0.3, -0.25) is 4.79 Å². The van der Waals surface area contributed by atoms with Crippen LogP contribution in [0.4, 0.5) is 4.39 Å². The lowest BCUT2D eigenvalue weighted by Gasteiger charge is -2.18. The van der Waals surface area contributed by atoms with Gasteiger partial charge >= 0.3 is 0 Å². The minimum atomic E-state index is -0.330. The van der Waals surface area contributed by atoms with Crippen molar-refractivity contribution in [3.05, 3.63) is 35.6 Å². The van der Waals surface area contributed by atoms with Gasteiger partial charge in [0.15, 0.2) is 0 Å². The van der Waals surface area contributed by atoms with Gasteiger partial charge in [-0.1, -0.05) is 22.9 Å². The van der Waals surface area contributed by atoms with Gasteiger partial charge in [-0.15, -0.1) is 0 Å². The highest BCUT2D eigenvalue weighted by atomic mass is 79.9. The maximum atomic E-state index is 12.6. The molecule has 1 rings (SSSR count). The van der Waals surface area contributed by atoms with Gasteiger partial charge in [-0.2, -0.15) is 0 Å². The first kappa shape index (κ1) is 12.2. The van der Waals surface area contributed by atoms with Gasteiger partial charge < -0.3 is 4.90 Å². The molecule has 1 atom stereocenters. The molecular formula is C11H13BrFNO. The summed E-state index contributed by atoms with van der Waals surface area (Å²) < 4.78 is 12.6. The van der Waals surface area contributed by atoms with Crippen LogP contribution in [0.5, 0.6) is 0 Å². The van der Waals surface area contributed by atoms with Crippen LogP contribution in [0.25, 0.3) is 0 Å². The average Bonchev–Trinajstić information content (AvgIpc) is 2.17. The first-order chi connectivity index (χ1) is 7.00. The van der Waals surface area contributed by atoms with Crippen molar-refractivity contribution < 1.29 is 9.18 Å². The van der Waals surface area contributed by atoms with Gasteiger partial charge in [0, 0.05) is 24.0 Å². The number of alkyl halides is 1. The summed E-state index contributed by atoms with van der Waals surface area (Å²) in [6, 6.07) is 5.57. The van der Waals surface area contributed by atoms with Crippen molar-refractivity contribution in [3.63, 3.8) is 0 Å². The number of carbonyl (C=O) groups excluding carboxylic acids is 1. The summed E-state index contributed by atoms with van der Waals surface area (Å²) in [4.78, 5) is 13.6. The number of amides is 1. The van der Waals surface area contributed by atoms with Gasteiger partial charge in [-0.05, 0) is 24.3 Å². The quantitative estimate of drug-likeness (QED) is 0.776. The largest absolute Gasteiger partial charge is 0.341 e. The molecule has 0 aliphatic rings. The maximum Gasteiger partial charge on any atom is 0.253 e. The molecule has 0 saturated carbocycles. The van der Waals surface area contributed by atoms with E-state index in [9.17, 15) is 9.18 Å². The predicted octanol–water partition coefficient (Wildman–Crippen LogP) is 2.68. The Bertz CT molecular complexity index is 337. The highest BCUT2D eigenvalue weighted by Crippen LogP contribution is 2.07. The Kier molecular flexibility index (Phi) is 4.27. The molecule has 2 nitrogen and oxygen atoms in total. The molecule has 15 heavy (non-hydrogen) atoms. The Hall–Kier alpha value is -0.900. The molecule has 0 spiro atoms. The van der Waals surface area contributed by atoms with E-state index in [1.807, 2.05) is 6.92 Å². The fraction of sp³-hybridized carbons (Fsp3) is 0.364. The third kappa shape index (κ3) is 3.63. The highest BCUT2D eigenvalue weighted by Gasteiger charge is 2.12. The lowest BCUT2D eigenvalue weighted by atomic mass is 10.2. The van der Waals surface area contributed by atoms with Crippen LogP contribution in [0.3, 0.4) is 0 Å². The second kappa shape index (κ2) is 5.26. The van der Waals surface area contributed by atoms with E-state index in [1.165, 1.54) is 24.3 Å². The molecule has 0 heterocycles. The number of rotatable bonds is 3. The summed E-state index contributed by atoms with van der Waals surface area (Å²) in [6.45, 7) is 2.59. The van der Waals surface area contributed by atoms with E-state index >= 15 is 0 Å². The first-order valence-electron chi connectivity index (χ1n) is 4.66. The normalized spacial score (nSPS) is 12.3. The molecule has 4 heteroatoms. The average molecular weight is 274 g/mol. The molecule has 0 fully saturated rings. The van der Waals surface area contributed by atoms with Crippen molar-refractivity contribution in [1.82, 2.24) is 4.90 Å². The fourth-order valence-electron chi connectivity index (χ4n) is 1.27. The van der Waals surface area contributed by atoms with Crippen LogP contribution < -0.4 is 0 Å². The summed E-state index contributed by atoms with van der Waals surface area (Å²) >= 11 is 3.37. The molecule has 1 aromatic carbocycles. The zero-order chi connectivity index (χ0) is 11.4. The second-order valence-corrected chi connectivity index (χ2v) is 5.04. The van der Waals surface area contributed by atoms with Crippen LogP contribution in [-0.2, 0) is 0 Å². The topological polar surface area (TPSA) is 20.3 Å². The van der Waals surface area contributed by atoms with Crippen LogP contribution in [0.1, 0.15) is 17.3 Å². The first-order valence-corrected chi connectivity index (χ1v) is 5.57. The van der Waals surface area contributed by atoms with Crippen LogP contribution in [0.15, 0.2) is 24.3 Å². The second-order valence-electron chi connectivity index (χ2n) is 3.47. The van der Waals surface area contributed by atoms with Gasteiger partial charge in [0.1, 0.15) is 5.82 Å². The molecule has 0 aliphatic heterocycles. The van der Waals surface area contributed by atoms with Crippen LogP contribution in [0, 0.1) is 5.82 Å². The minimum Gasteiger partial charge on any atom is -0.341 e. The Morgan fingerprint density at radius 1 is 1.47 bits per heavy atom.